The number of hydrogen-bond donors (Lipinski definition) is 1. The van der Waals surface area contributed by atoms with E-state index >= 15 is 0 Å². The molecule has 0 amide bonds. The highest BCUT2D eigenvalue weighted by Crippen LogP contribution is 2.24. The van der Waals surface area contributed by atoms with Crippen molar-refractivity contribution >= 4 is 39.8 Å². The first-order chi connectivity index (χ1) is 8.98. The monoisotopic (exact) mass is 431 g/mol. The summed E-state index contributed by atoms with van der Waals surface area (Å²) in [4.78, 5) is 6.72. The van der Waals surface area contributed by atoms with Gasteiger partial charge in [0, 0.05) is 26.2 Å². The molecule has 126 valence electrons. The largest absolute Gasteiger partial charge is 0.357 e. The van der Waals surface area contributed by atoms with Gasteiger partial charge in [0.2, 0.25) is 0 Å². The number of rotatable bonds is 2. The Hall–Kier alpha value is -0.0500. The maximum absolute atomic E-state index is 12.1. The fourth-order valence-electron chi connectivity index (χ4n) is 2.06. The molecular weight excluding hydrogens is 401 g/mol. The molecule has 1 rings (SSSR count). The third kappa shape index (κ3) is 5.92. The van der Waals surface area contributed by atoms with Crippen LogP contribution in [-0.2, 0) is 9.84 Å². The minimum absolute atomic E-state index is 0. The summed E-state index contributed by atoms with van der Waals surface area (Å²) in [5.74, 6) is 1.02. The van der Waals surface area contributed by atoms with Gasteiger partial charge in [-0.1, -0.05) is 20.8 Å². The SMILES string of the molecule is CCNC(=NCC(C)(C)C)N1CCS(=O)(=O)C(C)(C)C1.I. The molecule has 0 bridgehead atoms. The van der Waals surface area contributed by atoms with E-state index in [0.29, 0.717) is 13.1 Å². The lowest BCUT2D eigenvalue weighted by Crippen LogP contribution is -2.57. The summed E-state index contributed by atoms with van der Waals surface area (Å²) in [6.45, 7) is 14.6. The molecule has 0 saturated carbocycles. The molecule has 0 aromatic heterocycles. The molecule has 1 N–H and O–H groups in total. The Balaban J connectivity index is 0.00000400. The number of guanidine groups is 1. The van der Waals surface area contributed by atoms with Gasteiger partial charge in [0.15, 0.2) is 15.8 Å². The lowest BCUT2D eigenvalue weighted by atomic mass is 9.97. The lowest BCUT2D eigenvalue weighted by Gasteiger charge is -2.39. The predicted molar refractivity (Wildman–Crippen MR) is 100 cm³/mol. The number of sulfone groups is 1. The van der Waals surface area contributed by atoms with Gasteiger partial charge in [0.05, 0.1) is 10.5 Å². The van der Waals surface area contributed by atoms with Gasteiger partial charge in [-0.25, -0.2) is 8.42 Å². The Kier molecular flexibility index (Phi) is 7.46. The summed E-state index contributed by atoms with van der Waals surface area (Å²) in [5, 5.41) is 3.27. The first kappa shape index (κ1) is 20.9. The molecule has 0 aromatic rings. The molecule has 1 aliphatic rings. The molecule has 0 radical (unpaired) electrons. The van der Waals surface area contributed by atoms with Crippen LogP contribution in [0.25, 0.3) is 0 Å². The van der Waals surface area contributed by atoms with Crippen molar-refractivity contribution in [2.45, 2.75) is 46.3 Å². The Morgan fingerprint density at radius 2 is 1.90 bits per heavy atom. The summed E-state index contributed by atoms with van der Waals surface area (Å²) >= 11 is 0. The van der Waals surface area contributed by atoms with Crippen LogP contribution in [0.2, 0.25) is 0 Å². The van der Waals surface area contributed by atoms with Gasteiger partial charge in [-0.2, -0.15) is 0 Å². The lowest BCUT2D eigenvalue weighted by molar-refractivity contribution is 0.348. The van der Waals surface area contributed by atoms with Gasteiger partial charge in [-0.3, -0.25) is 4.99 Å². The van der Waals surface area contributed by atoms with Crippen LogP contribution in [0.4, 0.5) is 0 Å². The van der Waals surface area contributed by atoms with Crippen molar-refractivity contribution in [3.05, 3.63) is 0 Å². The van der Waals surface area contributed by atoms with Crippen LogP contribution in [0.5, 0.6) is 0 Å². The zero-order valence-electron chi connectivity index (χ0n) is 14.1. The van der Waals surface area contributed by atoms with E-state index in [9.17, 15) is 8.42 Å². The molecule has 0 spiro atoms. The van der Waals surface area contributed by atoms with E-state index in [1.54, 1.807) is 13.8 Å². The summed E-state index contributed by atoms with van der Waals surface area (Å²) in [6, 6.07) is 0. The minimum Gasteiger partial charge on any atom is -0.357 e. The highest BCUT2D eigenvalue weighted by Gasteiger charge is 2.40. The third-order valence-corrected chi connectivity index (χ3v) is 5.91. The van der Waals surface area contributed by atoms with Crippen molar-refractivity contribution in [3.8, 4) is 0 Å². The Bertz CT molecular complexity index is 467. The molecule has 0 aliphatic carbocycles. The smallest absolute Gasteiger partial charge is 0.194 e. The van der Waals surface area contributed by atoms with E-state index < -0.39 is 14.6 Å². The number of halogens is 1. The second kappa shape index (κ2) is 7.48. The molecule has 1 aliphatic heterocycles. The number of aliphatic imine (C=N–C) groups is 1. The second-order valence-electron chi connectivity index (χ2n) is 7.23. The van der Waals surface area contributed by atoms with Gasteiger partial charge in [-0.15, -0.1) is 24.0 Å². The molecular formula is C14H30IN3O2S. The van der Waals surface area contributed by atoms with E-state index in [0.717, 1.165) is 19.0 Å². The zero-order valence-corrected chi connectivity index (χ0v) is 17.2. The maximum Gasteiger partial charge on any atom is 0.194 e. The van der Waals surface area contributed by atoms with Crippen molar-refractivity contribution in [1.29, 1.82) is 0 Å². The molecule has 0 aromatic carbocycles. The Morgan fingerprint density at radius 1 is 1.33 bits per heavy atom. The van der Waals surface area contributed by atoms with Crippen LogP contribution in [0.15, 0.2) is 4.99 Å². The molecule has 1 fully saturated rings. The highest BCUT2D eigenvalue weighted by molar-refractivity contribution is 14.0. The quantitative estimate of drug-likeness (QED) is 0.414. The standard InChI is InChI=1S/C14H29N3O2S.HI/c1-7-15-12(16-10-13(2,3)4)17-8-9-20(18,19)14(5,6)11-17;/h7-11H2,1-6H3,(H,15,16);1H. The van der Waals surface area contributed by atoms with Gasteiger partial charge in [0.25, 0.3) is 0 Å². The van der Waals surface area contributed by atoms with E-state index in [2.05, 4.69) is 36.0 Å². The molecule has 1 heterocycles. The van der Waals surface area contributed by atoms with Crippen LogP contribution >= 0.6 is 24.0 Å². The van der Waals surface area contributed by atoms with E-state index in [-0.39, 0.29) is 35.1 Å². The van der Waals surface area contributed by atoms with Gasteiger partial charge in [-0.05, 0) is 26.2 Å². The molecule has 0 unspecified atom stereocenters. The molecule has 0 atom stereocenters. The first-order valence-corrected chi connectivity index (χ1v) is 8.89. The predicted octanol–water partition coefficient (Wildman–Crippen LogP) is 2.13. The van der Waals surface area contributed by atoms with E-state index in [1.165, 1.54) is 0 Å². The van der Waals surface area contributed by atoms with Crippen LogP contribution < -0.4 is 5.32 Å². The Morgan fingerprint density at radius 3 is 2.33 bits per heavy atom. The van der Waals surface area contributed by atoms with Gasteiger partial charge in [0.1, 0.15) is 0 Å². The van der Waals surface area contributed by atoms with Crippen LogP contribution in [-0.4, -0.2) is 56.0 Å². The van der Waals surface area contributed by atoms with E-state index in [4.69, 9.17) is 0 Å². The normalized spacial score (nSPS) is 21.6. The van der Waals surface area contributed by atoms with E-state index in [1.807, 2.05) is 6.92 Å². The van der Waals surface area contributed by atoms with Crippen LogP contribution in [0.1, 0.15) is 41.5 Å². The van der Waals surface area contributed by atoms with Crippen molar-refractivity contribution < 1.29 is 8.42 Å². The molecule has 5 nitrogen and oxygen atoms in total. The fraction of sp³-hybridized carbons (Fsp3) is 0.929. The zero-order chi connectivity index (χ0) is 15.6. The number of nitrogens with one attached hydrogen (secondary N) is 1. The molecule has 7 heteroatoms. The average Bonchev–Trinajstić information content (AvgIpc) is 2.27. The Labute approximate surface area is 146 Å². The third-order valence-electron chi connectivity index (χ3n) is 3.38. The van der Waals surface area contributed by atoms with Crippen molar-refractivity contribution in [2.24, 2.45) is 10.4 Å². The second-order valence-corrected chi connectivity index (χ2v) is 9.97. The van der Waals surface area contributed by atoms with Crippen LogP contribution in [0.3, 0.4) is 0 Å². The number of hydrogen-bond acceptors (Lipinski definition) is 3. The van der Waals surface area contributed by atoms with Crippen LogP contribution in [0, 0.1) is 5.41 Å². The summed E-state index contributed by atoms with van der Waals surface area (Å²) < 4.78 is 23.4. The fourth-order valence-corrected chi connectivity index (χ4v) is 3.43. The summed E-state index contributed by atoms with van der Waals surface area (Å²) in [6.07, 6.45) is 0. The summed E-state index contributed by atoms with van der Waals surface area (Å²) in [7, 11) is -3.01. The van der Waals surface area contributed by atoms with Gasteiger partial charge < -0.3 is 10.2 Å². The number of nitrogens with zero attached hydrogens (tertiary/aromatic N) is 2. The van der Waals surface area contributed by atoms with Gasteiger partial charge >= 0.3 is 0 Å². The maximum atomic E-state index is 12.1. The highest BCUT2D eigenvalue weighted by atomic mass is 127. The minimum atomic E-state index is -3.01. The molecule has 21 heavy (non-hydrogen) atoms. The topological polar surface area (TPSA) is 61.8 Å². The molecule has 1 saturated heterocycles. The van der Waals surface area contributed by atoms with Crippen molar-refractivity contribution in [3.63, 3.8) is 0 Å². The summed E-state index contributed by atoms with van der Waals surface area (Å²) in [5.41, 5.74) is 0.123. The van der Waals surface area contributed by atoms with Crippen molar-refractivity contribution in [2.75, 3.05) is 31.9 Å². The first-order valence-electron chi connectivity index (χ1n) is 7.24. The average molecular weight is 431 g/mol. The van der Waals surface area contributed by atoms with Crippen molar-refractivity contribution in [1.82, 2.24) is 10.2 Å².